The number of phenolic OH excluding ortho intramolecular Hbond substituents is 1. The van der Waals surface area contributed by atoms with Crippen LogP contribution < -0.4 is 0 Å². The highest BCUT2D eigenvalue weighted by Gasteiger charge is 1.92. The van der Waals surface area contributed by atoms with Gasteiger partial charge in [-0.15, -0.1) is 0 Å². The summed E-state index contributed by atoms with van der Waals surface area (Å²) in [5, 5.41) is 9.35. The monoisotopic (exact) mass is 202 g/mol. The average Bonchev–Trinajstić information content (AvgIpc) is 2.26. The molecule has 0 aromatic heterocycles. The lowest BCUT2D eigenvalue weighted by molar-refractivity contribution is -0.134. The topological polar surface area (TPSA) is 46.5 Å². The van der Waals surface area contributed by atoms with Crippen LogP contribution in [0.3, 0.4) is 0 Å². The van der Waals surface area contributed by atoms with Crippen molar-refractivity contribution < 1.29 is 14.6 Å². The first-order valence-electron chi connectivity index (χ1n) is 4.28. The molecule has 0 heterocycles. The summed E-state index contributed by atoms with van der Waals surface area (Å²) in [7, 11) is 1.29. The standard InChI is InChI=1S/C12H10O3/c1-15-12(14)9-5-3-7-10-6-2-4-8-11(10)13/h2,4-6,8-9,13H,1H3/b9-5-. The van der Waals surface area contributed by atoms with Gasteiger partial charge in [-0.2, -0.15) is 0 Å². The van der Waals surface area contributed by atoms with Gasteiger partial charge in [-0.3, -0.25) is 0 Å². The van der Waals surface area contributed by atoms with Gasteiger partial charge in [0.2, 0.25) is 0 Å². The zero-order valence-corrected chi connectivity index (χ0v) is 8.23. The summed E-state index contributed by atoms with van der Waals surface area (Å²) in [6.45, 7) is 0. The lowest BCUT2D eigenvalue weighted by Gasteiger charge is -1.92. The predicted molar refractivity (Wildman–Crippen MR) is 56.1 cm³/mol. The van der Waals surface area contributed by atoms with Gasteiger partial charge >= 0.3 is 5.97 Å². The number of aromatic hydroxyl groups is 1. The Kier molecular flexibility index (Phi) is 3.99. The third-order valence-corrected chi connectivity index (χ3v) is 1.61. The summed E-state index contributed by atoms with van der Waals surface area (Å²) in [4.78, 5) is 10.7. The van der Waals surface area contributed by atoms with Crippen LogP contribution in [0.4, 0.5) is 0 Å². The number of carbonyl (C=O) groups is 1. The SMILES string of the molecule is COC(=O)/C=C\C#Cc1ccccc1O. The molecule has 0 radical (unpaired) electrons. The van der Waals surface area contributed by atoms with Crippen molar-refractivity contribution in [2.24, 2.45) is 0 Å². The molecule has 0 bridgehead atoms. The van der Waals surface area contributed by atoms with Crippen LogP contribution in [0.25, 0.3) is 0 Å². The van der Waals surface area contributed by atoms with Crippen molar-refractivity contribution in [1.82, 2.24) is 0 Å². The number of benzene rings is 1. The average molecular weight is 202 g/mol. The third-order valence-electron chi connectivity index (χ3n) is 1.61. The Labute approximate surface area is 88.0 Å². The van der Waals surface area contributed by atoms with Crippen molar-refractivity contribution in [1.29, 1.82) is 0 Å². The number of phenols is 1. The van der Waals surface area contributed by atoms with Crippen LogP contribution in [0, 0.1) is 11.8 Å². The third kappa shape index (κ3) is 3.57. The van der Waals surface area contributed by atoms with E-state index in [-0.39, 0.29) is 5.75 Å². The second-order valence-corrected chi connectivity index (χ2v) is 2.64. The summed E-state index contributed by atoms with van der Waals surface area (Å²) >= 11 is 0. The highest BCUT2D eigenvalue weighted by atomic mass is 16.5. The van der Waals surface area contributed by atoms with E-state index in [1.54, 1.807) is 24.3 Å². The van der Waals surface area contributed by atoms with Crippen LogP contribution in [0.15, 0.2) is 36.4 Å². The maximum absolute atomic E-state index is 10.7. The molecule has 0 aliphatic heterocycles. The highest BCUT2D eigenvalue weighted by molar-refractivity contribution is 5.82. The minimum atomic E-state index is -0.457. The number of para-hydroxylation sites is 1. The van der Waals surface area contributed by atoms with Gasteiger partial charge in [-0.25, -0.2) is 4.79 Å². The molecule has 0 atom stereocenters. The number of hydrogen-bond donors (Lipinski definition) is 1. The quantitative estimate of drug-likeness (QED) is 0.426. The van der Waals surface area contributed by atoms with E-state index < -0.39 is 5.97 Å². The van der Waals surface area contributed by atoms with Gasteiger partial charge in [0.1, 0.15) is 5.75 Å². The molecule has 0 amide bonds. The number of methoxy groups -OCH3 is 1. The Morgan fingerprint density at radius 2 is 2.20 bits per heavy atom. The molecule has 15 heavy (non-hydrogen) atoms. The Morgan fingerprint density at radius 1 is 1.47 bits per heavy atom. The van der Waals surface area contributed by atoms with E-state index in [1.807, 2.05) is 0 Å². The van der Waals surface area contributed by atoms with Gasteiger partial charge in [0.25, 0.3) is 0 Å². The van der Waals surface area contributed by atoms with Crippen molar-refractivity contribution in [2.75, 3.05) is 7.11 Å². The summed E-state index contributed by atoms with van der Waals surface area (Å²) in [5.41, 5.74) is 0.520. The molecule has 0 fully saturated rings. The van der Waals surface area contributed by atoms with Gasteiger partial charge in [0.15, 0.2) is 0 Å². The summed E-state index contributed by atoms with van der Waals surface area (Å²) in [6.07, 6.45) is 2.59. The van der Waals surface area contributed by atoms with E-state index in [4.69, 9.17) is 0 Å². The first-order valence-corrected chi connectivity index (χ1v) is 4.28. The van der Waals surface area contributed by atoms with Gasteiger partial charge in [-0.1, -0.05) is 24.0 Å². The smallest absolute Gasteiger partial charge is 0.331 e. The van der Waals surface area contributed by atoms with Crippen molar-refractivity contribution >= 4 is 5.97 Å². The normalized spacial score (nSPS) is 9.40. The first kappa shape index (κ1) is 10.9. The molecule has 0 spiro atoms. The summed E-state index contributed by atoms with van der Waals surface area (Å²) in [5.74, 6) is 4.98. The maximum Gasteiger partial charge on any atom is 0.331 e. The molecule has 0 aliphatic rings. The number of allylic oxidation sites excluding steroid dienone is 1. The molecule has 0 unspecified atom stereocenters. The van der Waals surface area contributed by atoms with Crippen LogP contribution in [-0.4, -0.2) is 18.2 Å². The van der Waals surface area contributed by atoms with Crippen molar-refractivity contribution in [3.8, 4) is 17.6 Å². The van der Waals surface area contributed by atoms with E-state index in [2.05, 4.69) is 16.6 Å². The molecule has 0 aliphatic carbocycles. The fourth-order valence-electron chi connectivity index (χ4n) is 0.877. The van der Waals surface area contributed by atoms with Gasteiger partial charge in [0, 0.05) is 6.08 Å². The molecular weight excluding hydrogens is 192 g/mol. The number of carbonyl (C=O) groups excluding carboxylic acids is 1. The van der Waals surface area contributed by atoms with Gasteiger partial charge in [0.05, 0.1) is 12.7 Å². The molecule has 1 aromatic carbocycles. The van der Waals surface area contributed by atoms with Gasteiger partial charge < -0.3 is 9.84 Å². The van der Waals surface area contributed by atoms with Crippen LogP contribution in [0.1, 0.15) is 5.56 Å². The summed E-state index contributed by atoms with van der Waals surface area (Å²) < 4.78 is 4.38. The number of hydrogen-bond acceptors (Lipinski definition) is 3. The van der Waals surface area contributed by atoms with E-state index >= 15 is 0 Å². The zero-order chi connectivity index (χ0) is 11.1. The Bertz CT molecular complexity index is 436. The van der Waals surface area contributed by atoms with Crippen molar-refractivity contribution in [3.63, 3.8) is 0 Å². The van der Waals surface area contributed by atoms with Crippen molar-refractivity contribution in [2.45, 2.75) is 0 Å². The van der Waals surface area contributed by atoms with E-state index in [9.17, 15) is 9.90 Å². The zero-order valence-electron chi connectivity index (χ0n) is 8.23. The van der Waals surface area contributed by atoms with E-state index in [0.29, 0.717) is 5.56 Å². The fraction of sp³-hybridized carbons (Fsp3) is 0.0833. The molecule has 3 nitrogen and oxygen atoms in total. The minimum Gasteiger partial charge on any atom is -0.507 e. The number of ether oxygens (including phenoxy) is 1. The second-order valence-electron chi connectivity index (χ2n) is 2.64. The highest BCUT2D eigenvalue weighted by Crippen LogP contribution is 2.13. The Morgan fingerprint density at radius 3 is 2.87 bits per heavy atom. The molecule has 1 rings (SSSR count). The van der Waals surface area contributed by atoms with E-state index in [1.165, 1.54) is 19.3 Å². The number of rotatable bonds is 1. The van der Waals surface area contributed by atoms with Crippen molar-refractivity contribution in [3.05, 3.63) is 42.0 Å². The second kappa shape index (κ2) is 5.51. The lowest BCUT2D eigenvalue weighted by atomic mass is 10.2. The fourth-order valence-corrected chi connectivity index (χ4v) is 0.877. The van der Waals surface area contributed by atoms with Crippen LogP contribution >= 0.6 is 0 Å². The van der Waals surface area contributed by atoms with Crippen LogP contribution in [0.5, 0.6) is 5.75 Å². The van der Waals surface area contributed by atoms with Crippen LogP contribution in [0.2, 0.25) is 0 Å². The Balaban J connectivity index is 2.71. The molecule has 3 heteroatoms. The van der Waals surface area contributed by atoms with E-state index in [0.717, 1.165) is 0 Å². The Hall–Kier alpha value is -2.21. The largest absolute Gasteiger partial charge is 0.507 e. The minimum absolute atomic E-state index is 0.122. The molecule has 76 valence electrons. The molecule has 1 N–H and O–H groups in total. The maximum atomic E-state index is 10.7. The predicted octanol–water partition coefficient (Wildman–Crippen LogP) is 1.47. The number of esters is 1. The lowest BCUT2D eigenvalue weighted by Crippen LogP contribution is -1.92. The molecule has 1 aromatic rings. The summed E-state index contributed by atoms with van der Waals surface area (Å²) in [6, 6.07) is 6.72. The van der Waals surface area contributed by atoms with Gasteiger partial charge in [-0.05, 0) is 18.2 Å². The van der Waals surface area contributed by atoms with Crippen LogP contribution in [-0.2, 0) is 9.53 Å². The molecule has 0 saturated heterocycles. The molecule has 0 saturated carbocycles. The molecular formula is C12H10O3. The first-order chi connectivity index (χ1) is 7.24.